The Bertz CT molecular complexity index is 576. The lowest BCUT2D eigenvalue weighted by atomic mass is 9.99. The molecule has 1 N–H and O–H groups in total. The minimum Gasteiger partial charge on any atom is -0.387 e. The number of rotatable bonds is 4. The first-order valence-corrected chi connectivity index (χ1v) is 7.18. The maximum atomic E-state index is 13.7. The summed E-state index contributed by atoms with van der Waals surface area (Å²) in [6, 6.07) is 6.36. The van der Waals surface area contributed by atoms with E-state index in [1.165, 1.54) is 12.5 Å². The number of nitrogens with zero attached hydrogens (tertiary/aromatic N) is 3. The third-order valence-electron chi connectivity index (χ3n) is 3.96. The molecule has 5 nitrogen and oxygen atoms in total. The first-order chi connectivity index (χ1) is 10.3. The van der Waals surface area contributed by atoms with E-state index in [0.29, 0.717) is 17.9 Å². The maximum absolute atomic E-state index is 13.7. The molecule has 1 aromatic heterocycles. The largest absolute Gasteiger partial charge is 0.387 e. The number of β-amino-alcohol motifs (C(OH)–C–C–N with tert-alkyl or cyclic N) is 1. The quantitative estimate of drug-likeness (QED) is 0.937. The zero-order valence-electron chi connectivity index (χ0n) is 11.7. The standard InChI is InChI=1S/C15H18FN3O2/c16-12-6-2-1-5-11(12)14(20)9-19-8-4-3-7-13(19)15-17-10-21-18-15/h1-2,5-6,10,13-14,20H,3-4,7-9H2. The number of aliphatic hydroxyl groups is 1. The van der Waals surface area contributed by atoms with Gasteiger partial charge in [-0.2, -0.15) is 4.98 Å². The van der Waals surface area contributed by atoms with Crippen molar-refractivity contribution in [1.82, 2.24) is 15.0 Å². The Morgan fingerprint density at radius 2 is 2.24 bits per heavy atom. The van der Waals surface area contributed by atoms with Crippen molar-refractivity contribution in [3.63, 3.8) is 0 Å². The summed E-state index contributed by atoms with van der Waals surface area (Å²) in [6.45, 7) is 1.20. The normalized spacial score (nSPS) is 21.3. The van der Waals surface area contributed by atoms with E-state index in [9.17, 15) is 9.50 Å². The SMILES string of the molecule is OC(CN1CCCCC1c1ncon1)c1ccccc1F. The fraction of sp³-hybridized carbons (Fsp3) is 0.467. The molecular formula is C15H18FN3O2. The molecule has 0 aliphatic carbocycles. The summed E-state index contributed by atoms with van der Waals surface area (Å²) in [5, 5.41) is 14.2. The number of benzene rings is 1. The van der Waals surface area contributed by atoms with Gasteiger partial charge in [0.25, 0.3) is 0 Å². The predicted molar refractivity (Wildman–Crippen MR) is 73.8 cm³/mol. The number of hydrogen-bond donors (Lipinski definition) is 1. The molecule has 6 heteroatoms. The van der Waals surface area contributed by atoms with Crippen molar-refractivity contribution in [3.8, 4) is 0 Å². The number of halogens is 1. The minimum absolute atomic E-state index is 0.0268. The zero-order chi connectivity index (χ0) is 14.7. The summed E-state index contributed by atoms with van der Waals surface area (Å²) in [5.41, 5.74) is 0.329. The summed E-state index contributed by atoms with van der Waals surface area (Å²) in [4.78, 5) is 6.22. The van der Waals surface area contributed by atoms with Crippen LogP contribution in [0.4, 0.5) is 4.39 Å². The van der Waals surface area contributed by atoms with Crippen LogP contribution in [-0.2, 0) is 0 Å². The highest BCUT2D eigenvalue weighted by atomic mass is 19.1. The topological polar surface area (TPSA) is 62.4 Å². The molecule has 2 unspecified atom stereocenters. The third-order valence-corrected chi connectivity index (χ3v) is 3.96. The van der Waals surface area contributed by atoms with Crippen LogP contribution in [0.2, 0.25) is 0 Å². The summed E-state index contributed by atoms with van der Waals surface area (Å²) in [7, 11) is 0. The summed E-state index contributed by atoms with van der Waals surface area (Å²) >= 11 is 0. The van der Waals surface area contributed by atoms with Gasteiger partial charge in [-0.05, 0) is 25.5 Å². The molecule has 1 saturated heterocycles. The summed E-state index contributed by atoms with van der Waals surface area (Å²) < 4.78 is 18.6. The average molecular weight is 291 g/mol. The summed E-state index contributed by atoms with van der Waals surface area (Å²) in [5.74, 6) is 0.258. The Morgan fingerprint density at radius 1 is 1.38 bits per heavy atom. The second-order valence-corrected chi connectivity index (χ2v) is 5.33. The van der Waals surface area contributed by atoms with E-state index >= 15 is 0 Å². The van der Waals surface area contributed by atoms with Crippen molar-refractivity contribution in [2.75, 3.05) is 13.1 Å². The van der Waals surface area contributed by atoms with E-state index in [1.54, 1.807) is 18.2 Å². The smallest absolute Gasteiger partial charge is 0.213 e. The molecule has 112 valence electrons. The lowest BCUT2D eigenvalue weighted by Gasteiger charge is -2.35. The van der Waals surface area contributed by atoms with Crippen LogP contribution in [0, 0.1) is 5.82 Å². The Hall–Kier alpha value is -1.79. The number of likely N-dealkylation sites (tertiary alicyclic amines) is 1. The molecule has 0 bridgehead atoms. The Labute approximate surface area is 122 Å². The van der Waals surface area contributed by atoms with Crippen molar-refractivity contribution in [1.29, 1.82) is 0 Å². The van der Waals surface area contributed by atoms with Crippen molar-refractivity contribution in [3.05, 3.63) is 47.9 Å². The fourth-order valence-electron chi connectivity index (χ4n) is 2.89. The molecule has 1 fully saturated rings. The van der Waals surface area contributed by atoms with Crippen LogP contribution in [0.1, 0.15) is 42.8 Å². The van der Waals surface area contributed by atoms with Crippen LogP contribution in [0.3, 0.4) is 0 Å². The highest BCUT2D eigenvalue weighted by Crippen LogP contribution is 2.30. The van der Waals surface area contributed by atoms with Crippen LogP contribution in [0.5, 0.6) is 0 Å². The Balaban J connectivity index is 1.74. The van der Waals surface area contributed by atoms with Gasteiger partial charge in [0.15, 0.2) is 5.82 Å². The molecular weight excluding hydrogens is 273 g/mol. The van der Waals surface area contributed by atoms with E-state index in [0.717, 1.165) is 25.8 Å². The van der Waals surface area contributed by atoms with Gasteiger partial charge in [-0.1, -0.05) is 29.8 Å². The number of aromatic nitrogens is 2. The van der Waals surface area contributed by atoms with Crippen molar-refractivity contribution >= 4 is 0 Å². The molecule has 1 aliphatic heterocycles. The van der Waals surface area contributed by atoms with Gasteiger partial charge in [0.05, 0.1) is 12.1 Å². The number of piperidine rings is 1. The maximum Gasteiger partial charge on any atom is 0.213 e. The molecule has 0 saturated carbocycles. The molecule has 1 aromatic carbocycles. The van der Waals surface area contributed by atoms with Gasteiger partial charge in [0.1, 0.15) is 5.82 Å². The number of aliphatic hydroxyl groups excluding tert-OH is 1. The highest BCUT2D eigenvalue weighted by Gasteiger charge is 2.29. The minimum atomic E-state index is -0.862. The van der Waals surface area contributed by atoms with Gasteiger partial charge in [-0.3, -0.25) is 4.90 Å². The molecule has 2 aromatic rings. The van der Waals surface area contributed by atoms with E-state index < -0.39 is 6.10 Å². The molecule has 1 aliphatic rings. The van der Waals surface area contributed by atoms with Crippen LogP contribution in [0.25, 0.3) is 0 Å². The lowest BCUT2D eigenvalue weighted by Crippen LogP contribution is -2.37. The van der Waals surface area contributed by atoms with E-state index in [1.807, 2.05) is 0 Å². The first-order valence-electron chi connectivity index (χ1n) is 7.18. The van der Waals surface area contributed by atoms with Crippen LogP contribution >= 0.6 is 0 Å². The molecule has 0 amide bonds. The molecule has 21 heavy (non-hydrogen) atoms. The molecule has 0 radical (unpaired) electrons. The van der Waals surface area contributed by atoms with Crippen molar-refractivity contribution in [2.45, 2.75) is 31.4 Å². The van der Waals surface area contributed by atoms with Crippen LogP contribution in [0.15, 0.2) is 35.2 Å². The highest BCUT2D eigenvalue weighted by molar-refractivity contribution is 5.20. The second-order valence-electron chi connectivity index (χ2n) is 5.33. The van der Waals surface area contributed by atoms with Crippen molar-refractivity contribution in [2.24, 2.45) is 0 Å². The van der Waals surface area contributed by atoms with Gasteiger partial charge in [-0.15, -0.1) is 0 Å². The van der Waals surface area contributed by atoms with E-state index in [2.05, 4.69) is 15.0 Å². The zero-order valence-corrected chi connectivity index (χ0v) is 11.7. The Kier molecular flexibility index (Phi) is 4.26. The third kappa shape index (κ3) is 3.11. The molecule has 3 rings (SSSR count). The van der Waals surface area contributed by atoms with Crippen LogP contribution in [-0.4, -0.2) is 33.2 Å². The summed E-state index contributed by atoms with van der Waals surface area (Å²) in [6.07, 6.45) is 3.52. The van der Waals surface area contributed by atoms with Gasteiger partial charge in [0.2, 0.25) is 6.39 Å². The van der Waals surface area contributed by atoms with Crippen LogP contribution < -0.4 is 0 Å². The van der Waals surface area contributed by atoms with Gasteiger partial charge < -0.3 is 9.63 Å². The van der Waals surface area contributed by atoms with Gasteiger partial charge >= 0.3 is 0 Å². The van der Waals surface area contributed by atoms with E-state index in [4.69, 9.17) is 4.52 Å². The first kappa shape index (κ1) is 14.2. The number of hydrogen-bond acceptors (Lipinski definition) is 5. The van der Waals surface area contributed by atoms with Crippen molar-refractivity contribution < 1.29 is 14.0 Å². The predicted octanol–water partition coefficient (Wildman–Crippen LogP) is 2.47. The van der Waals surface area contributed by atoms with Gasteiger partial charge in [0, 0.05) is 12.1 Å². The molecule has 2 atom stereocenters. The van der Waals surface area contributed by atoms with Gasteiger partial charge in [-0.25, -0.2) is 4.39 Å². The molecule has 2 heterocycles. The monoisotopic (exact) mass is 291 g/mol. The average Bonchev–Trinajstić information content (AvgIpc) is 3.02. The Morgan fingerprint density at radius 3 is 3.00 bits per heavy atom. The lowest BCUT2D eigenvalue weighted by molar-refractivity contribution is 0.0610. The second kappa shape index (κ2) is 6.32. The fourth-order valence-corrected chi connectivity index (χ4v) is 2.89. The molecule has 0 spiro atoms. The van der Waals surface area contributed by atoms with E-state index in [-0.39, 0.29) is 11.9 Å².